The van der Waals surface area contributed by atoms with Crippen molar-refractivity contribution in [2.24, 2.45) is 12.0 Å². The van der Waals surface area contributed by atoms with Crippen molar-refractivity contribution in [1.82, 2.24) is 14.8 Å². The predicted octanol–water partition coefficient (Wildman–Crippen LogP) is 1.92. The summed E-state index contributed by atoms with van der Waals surface area (Å²) in [6.45, 7) is -0.319. The Labute approximate surface area is 154 Å². The number of hydrogen-bond donors (Lipinski definition) is 1. The summed E-state index contributed by atoms with van der Waals surface area (Å²) in [7, 11) is 1.84. The number of urea groups is 1. The maximum Gasteiger partial charge on any atom is 0.325 e. The lowest BCUT2D eigenvalue weighted by Crippen LogP contribution is -2.48. The Morgan fingerprint density at radius 3 is 2.69 bits per heavy atom. The van der Waals surface area contributed by atoms with Gasteiger partial charge in [0.1, 0.15) is 12.1 Å². The van der Waals surface area contributed by atoms with Crippen molar-refractivity contribution in [3.63, 3.8) is 0 Å². The van der Waals surface area contributed by atoms with E-state index >= 15 is 0 Å². The molecule has 2 aliphatic rings. The highest BCUT2D eigenvalue weighted by atomic mass is 32.1. The second-order valence-corrected chi connectivity index (χ2v) is 7.89. The highest BCUT2D eigenvalue weighted by Crippen LogP contribution is 2.33. The molecule has 2 aromatic rings. The van der Waals surface area contributed by atoms with Crippen LogP contribution in [-0.2, 0) is 16.6 Å². The molecule has 0 bridgehead atoms. The van der Waals surface area contributed by atoms with Gasteiger partial charge >= 0.3 is 6.03 Å². The fourth-order valence-corrected chi connectivity index (χ4v) is 4.82. The lowest BCUT2D eigenvalue weighted by molar-refractivity contribution is -0.135. The van der Waals surface area contributed by atoms with Gasteiger partial charge in [-0.3, -0.25) is 14.5 Å². The first-order valence-electron chi connectivity index (χ1n) is 8.76. The summed E-state index contributed by atoms with van der Waals surface area (Å²) >= 11 is 1.40. The van der Waals surface area contributed by atoms with E-state index in [2.05, 4.69) is 10.3 Å². The van der Waals surface area contributed by atoms with E-state index < -0.39 is 17.5 Å². The Hall–Kier alpha value is -2.48. The van der Waals surface area contributed by atoms with Crippen molar-refractivity contribution in [3.8, 4) is 0 Å². The molecule has 4 rings (SSSR count). The Morgan fingerprint density at radius 2 is 1.96 bits per heavy atom. The van der Waals surface area contributed by atoms with E-state index in [0.717, 1.165) is 34.4 Å². The first-order valence-corrected chi connectivity index (χ1v) is 9.58. The lowest BCUT2D eigenvalue weighted by atomic mass is 9.82. The molecule has 1 aromatic heterocycles. The van der Waals surface area contributed by atoms with Gasteiger partial charge in [0.15, 0.2) is 4.80 Å². The van der Waals surface area contributed by atoms with Gasteiger partial charge in [0, 0.05) is 7.05 Å². The van der Waals surface area contributed by atoms with E-state index in [-0.39, 0.29) is 12.5 Å². The maximum atomic E-state index is 12.7. The van der Waals surface area contributed by atoms with Gasteiger partial charge in [0.2, 0.25) is 0 Å². The standard InChI is InChI=1S/C18H20N4O3S/c1-21-12-7-3-4-8-13(12)26-17(21)19-14(23)11-22-15(24)18(20-16(22)25)9-5-2-6-10-18/h3-4,7-8H,2,5-6,9-11H2,1H3,(H,20,25). The molecule has 0 atom stereocenters. The van der Waals surface area contributed by atoms with Gasteiger partial charge in [0.05, 0.1) is 10.2 Å². The van der Waals surface area contributed by atoms with Crippen LogP contribution in [0.2, 0.25) is 0 Å². The van der Waals surface area contributed by atoms with Crippen LogP contribution in [0.25, 0.3) is 10.2 Å². The molecule has 1 aliphatic carbocycles. The fourth-order valence-electron chi connectivity index (χ4n) is 3.78. The number of carbonyl (C=O) groups excluding carboxylic acids is 3. The second kappa shape index (κ2) is 6.35. The molecular formula is C18H20N4O3S. The topological polar surface area (TPSA) is 83.8 Å². The number of rotatable bonds is 2. The van der Waals surface area contributed by atoms with Crippen LogP contribution in [0, 0.1) is 0 Å². The molecule has 1 aromatic carbocycles. The third-order valence-electron chi connectivity index (χ3n) is 5.18. The van der Waals surface area contributed by atoms with Crippen molar-refractivity contribution in [1.29, 1.82) is 0 Å². The van der Waals surface area contributed by atoms with Crippen LogP contribution in [0.3, 0.4) is 0 Å². The number of nitrogens with zero attached hydrogens (tertiary/aromatic N) is 3. The number of aryl methyl sites for hydroxylation is 1. The monoisotopic (exact) mass is 372 g/mol. The van der Waals surface area contributed by atoms with Crippen LogP contribution in [0.15, 0.2) is 29.3 Å². The van der Waals surface area contributed by atoms with E-state index in [0.29, 0.717) is 17.6 Å². The smallest absolute Gasteiger partial charge is 0.323 e. The van der Waals surface area contributed by atoms with E-state index in [1.165, 1.54) is 11.3 Å². The zero-order valence-corrected chi connectivity index (χ0v) is 15.3. The molecular weight excluding hydrogens is 352 g/mol. The number of thiazole rings is 1. The lowest BCUT2D eigenvalue weighted by Gasteiger charge is -2.30. The molecule has 26 heavy (non-hydrogen) atoms. The van der Waals surface area contributed by atoms with Gasteiger partial charge in [-0.2, -0.15) is 4.99 Å². The number of amides is 4. The van der Waals surface area contributed by atoms with Crippen LogP contribution < -0.4 is 10.1 Å². The molecule has 136 valence electrons. The van der Waals surface area contributed by atoms with E-state index in [1.54, 1.807) is 0 Å². The molecule has 0 unspecified atom stereocenters. The number of aromatic nitrogens is 1. The van der Waals surface area contributed by atoms with Crippen molar-refractivity contribution >= 4 is 39.4 Å². The Bertz CT molecular complexity index is 968. The Kier molecular flexibility index (Phi) is 4.14. The van der Waals surface area contributed by atoms with Crippen LogP contribution in [0.1, 0.15) is 32.1 Å². The van der Waals surface area contributed by atoms with Crippen molar-refractivity contribution < 1.29 is 14.4 Å². The second-order valence-electron chi connectivity index (χ2n) is 6.88. The number of imide groups is 1. The molecule has 2 fully saturated rings. The molecule has 1 spiro atoms. The summed E-state index contributed by atoms with van der Waals surface area (Å²) in [5.74, 6) is -0.782. The van der Waals surface area contributed by atoms with Gasteiger partial charge in [0.25, 0.3) is 11.8 Å². The first kappa shape index (κ1) is 17.0. The average molecular weight is 372 g/mol. The number of hydrogen-bond acceptors (Lipinski definition) is 4. The Morgan fingerprint density at radius 1 is 1.23 bits per heavy atom. The number of fused-ring (bicyclic) bond motifs is 1. The quantitative estimate of drug-likeness (QED) is 0.818. The molecule has 7 nitrogen and oxygen atoms in total. The van der Waals surface area contributed by atoms with Gasteiger partial charge in [-0.15, -0.1) is 0 Å². The first-order chi connectivity index (χ1) is 12.5. The molecule has 1 saturated heterocycles. The predicted molar refractivity (Wildman–Crippen MR) is 97.4 cm³/mol. The van der Waals surface area contributed by atoms with E-state index in [1.807, 2.05) is 35.9 Å². The molecule has 1 N–H and O–H groups in total. The van der Waals surface area contributed by atoms with Gasteiger partial charge in [-0.1, -0.05) is 42.7 Å². The number of para-hydroxylation sites is 1. The zero-order chi connectivity index (χ0) is 18.3. The summed E-state index contributed by atoms with van der Waals surface area (Å²) in [6, 6.07) is 7.30. The highest BCUT2D eigenvalue weighted by Gasteiger charge is 2.51. The minimum absolute atomic E-state index is 0.286. The summed E-state index contributed by atoms with van der Waals surface area (Å²) in [5.41, 5.74) is 0.179. The largest absolute Gasteiger partial charge is 0.325 e. The molecule has 2 heterocycles. The molecule has 8 heteroatoms. The molecule has 4 amide bonds. The van der Waals surface area contributed by atoms with Crippen molar-refractivity contribution in [2.75, 3.05) is 6.54 Å². The normalized spacial score (nSPS) is 20.2. The maximum absolute atomic E-state index is 12.7. The zero-order valence-electron chi connectivity index (χ0n) is 14.5. The van der Waals surface area contributed by atoms with Gasteiger partial charge in [-0.25, -0.2) is 4.79 Å². The summed E-state index contributed by atoms with van der Waals surface area (Å²) in [4.78, 5) is 43.1. The summed E-state index contributed by atoms with van der Waals surface area (Å²) < 4.78 is 2.87. The molecule has 1 aliphatic heterocycles. The van der Waals surface area contributed by atoms with Crippen molar-refractivity contribution in [3.05, 3.63) is 29.1 Å². The molecule has 1 saturated carbocycles. The van der Waals surface area contributed by atoms with Crippen molar-refractivity contribution in [2.45, 2.75) is 37.6 Å². The number of benzene rings is 1. The minimum Gasteiger partial charge on any atom is -0.323 e. The fraction of sp³-hybridized carbons (Fsp3) is 0.444. The third kappa shape index (κ3) is 2.74. The van der Waals surface area contributed by atoms with E-state index in [4.69, 9.17) is 0 Å². The number of nitrogens with one attached hydrogen (secondary N) is 1. The summed E-state index contributed by atoms with van der Waals surface area (Å²) in [5, 5.41) is 2.81. The Balaban J connectivity index is 1.57. The minimum atomic E-state index is -0.808. The summed E-state index contributed by atoms with van der Waals surface area (Å²) in [6.07, 6.45) is 4.18. The van der Waals surface area contributed by atoms with Crippen LogP contribution in [0.5, 0.6) is 0 Å². The van der Waals surface area contributed by atoms with E-state index in [9.17, 15) is 14.4 Å². The van der Waals surface area contributed by atoms with Gasteiger partial charge < -0.3 is 9.88 Å². The SMILES string of the molecule is Cn1c(=NC(=O)CN2C(=O)NC3(CCCCC3)C2=O)sc2ccccc21. The third-order valence-corrected chi connectivity index (χ3v) is 6.29. The highest BCUT2D eigenvalue weighted by molar-refractivity contribution is 7.16. The number of carbonyl (C=O) groups is 3. The van der Waals surface area contributed by atoms with Crippen LogP contribution in [-0.4, -0.2) is 39.4 Å². The van der Waals surface area contributed by atoms with Crippen LogP contribution >= 0.6 is 11.3 Å². The average Bonchev–Trinajstić information content (AvgIpc) is 3.06. The molecule has 0 radical (unpaired) electrons. The van der Waals surface area contributed by atoms with Gasteiger partial charge in [-0.05, 0) is 25.0 Å². The van der Waals surface area contributed by atoms with Crippen LogP contribution in [0.4, 0.5) is 4.79 Å².